The van der Waals surface area contributed by atoms with Crippen molar-refractivity contribution < 1.29 is 24.2 Å². The summed E-state index contributed by atoms with van der Waals surface area (Å²) < 4.78 is 10.4. The van der Waals surface area contributed by atoms with Crippen molar-refractivity contribution >= 4 is 17.6 Å². The van der Waals surface area contributed by atoms with Gasteiger partial charge in [0, 0.05) is 6.54 Å². The van der Waals surface area contributed by atoms with Gasteiger partial charge in [-0.15, -0.1) is 0 Å². The first-order valence-electron chi connectivity index (χ1n) is 7.82. The van der Waals surface area contributed by atoms with Gasteiger partial charge < -0.3 is 24.8 Å². The number of esters is 1. The van der Waals surface area contributed by atoms with E-state index in [1.165, 1.54) is 12.0 Å². The summed E-state index contributed by atoms with van der Waals surface area (Å²) in [5, 5.41) is 12.1. The van der Waals surface area contributed by atoms with Gasteiger partial charge in [0.2, 0.25) is 0 Å². The summed E-state index contributed by atoms with van der Waals surface area (Å²) in [6, 6.07) is 7.11. The SMILES string of the molecule is C=C(C)COc1ccccc1NC1=C(C(=O)OC)CN(CCO)C1=O. The number of hydrogen-bond acceptors (Lipinski definition) is 6. The first-order chi connectivity index (χ1) is 12.0. The van der Waals surface area contributed by atoms with Crippen molar-refractivity contribution in [3.63, 3.8) is 0 Å². The molecule has 1 aromatic rings. The van der Waals surface area contributed by atoms with Crippen LogP contribution in [0.25, 0.3) is 0 Å². The molecule has 0 radical (unpaired) electrons. The first-order valence-corrected chi connectivity index (χ1v) is 7.82. The number of carbonyl (C=O) groups is 2. The van der Waals surface area contributed by atoms with E-state index >= 15 is 0 Å². The molecule has 1 amide bonds. The summed E-state index contributed by atoms with van der Waals surface area (Å²) in [6.45, 7) is 6.01. The highest BCUT2D eigenvalue weighted by atomic mass is 16.5. The number of para-hydroxylation sites is 2. The minimum atomic E-state index is -0.586. The Bertz CT molecular complexity index is 711. The van der Waals surface area contributed by atoms with Gasteiger partial charge in [-0.1, -0.05) is 18.7 Å². The average Bonchev–Trinajstić information content (AvgIpc) is 2.90. The van der Waals surface area contributed by atoms with Crippen molar-refractivity contribution in [2.24, 2.45) is 0 Å². The van der Waals surface area contributed by atoms with E-state index in [0.29, 0.717) is 18.0 Å². The Labute approximate surface area is 146 Å². The Morgan fingerprint density at radius 2 is 2.12 bits per heavy atom. The van der Waals surface area contributed by atoms with Crippen LogP contribution in [0.3, 0.4) is 0 Å². The maximum absolute atomic E-state index is 12.5. The monoisotopic (exact) mass is 346 g/mol. The second-order valence-corrected chi connectivity index (χ2v) is 5.66. The van der Waals surface area contributed by atoms with Gasteiger partial charge >= 0.3 is 5.97 Å². The summed E-state index contributed by atoms with van der Waals surface area (Å²) in [6.07, 6.45) is 0. The minimum Gasteiger partial charge on any atom is -0.487 e. The maximum Gasteiger partial charge on any atom is 0.337 e. The number of ether oxygens (including phenoxy) is 2. The Balaban J connectivity index is 2.31. The number of β-amino-alcohol motifs (C(OH)–C–C–N with tert-alkyl or cyclic N) is 1. The third-order valence-corrected chi connectivity index (χ3v) is 3.57. The number of aliphatic hydroxyl groups is 1. The number of aliphatic hydroxyl groups excluding tert-OH is 1. The molecule has 0 bridgehead atoms. The van der Waals surface area contributed by atoms with E-state index in [-0.39, 0.29) is 36.9 Å². The van der Waals surface area contributed by atoms with Crippen LogP contribution in [0.2, 0.25) is 0 Å². The molecule has 2 N–H and O–H groups in total. The third kappa shape index (κ3) is 4.39. The van der Waals surface area contributed by atoms with Crippen molar-refractivity contribution in [1.82, 2.24) is 4.90 Å². The highest BCUT2D eigenvalue weighted by Gasteiger charge is 2.34. The minimum absolute atomic E-state index is 0.0865. The van der Waals surface area contributed by atoms with Crippen LogP contribution in [-0.2, 0) is 14.3 Å². The van der Waals surface area contributed by atoms with E-state index in [1.54, 1.807) is 18.2 Å². The fourth-order valence-electron chi connectivity index (χ4n) is 2.38. The molecule has 7 nitrogen and oxygen atoms in total. The normalized spacial score (nSPS) is 13.9. The molecule has 0 aromatic heterocycles. The first kappa shape index (κ1) is 18.5. The molecule has 1 heterocycles. The summed E-state index contributed by atoms with van der Waals surface area (Å²) in [4.78, 5) is 25.9. The Morgan fingerprint density at radius 1 is 1.40 bits per heavy atom. The predicted molar refractivity (Wildman–Crippen MR) is 93.1 cm³/mol. The molecular formula is C18H22N2O5. The number of nitrogens with zero attached hydrogens (tertiary/aromatic N) is 1. The average molecular weight is 346 g/mol. The zero-order valence-corrected chi connectivity index (χ0v) is 14.4. The molecular weight excluding hydrogens is 324 g/mol. The van der Waals surface area contributed by atoms with Gasteiger partial charge in [-0.2, -0.15) is 0 Å². The van der Waals surface area contributed by atoms with E-state index in [0.717, 1.165) is 5.57 Å². The molecule has 25 heavy (non-hydrogen) atoms. The zero-order valence-electron chi connectivity index (χ0n) is 14.4. The van der Waals surface area contributed by atoms with Gasteiger partial charge in [-0.05, 0) is 24.6 Å². The second-order valence-electron chi connectivity index (χ2n) is 5.66. The van der Waals surface area contributed by atoms with Crippen LogP contribution in [0.4, 0.5) is 5.69 Å². The molecule has 134 valence electrons. The molecule has 0 aliphatic carbocycles. The van der Waals surface area contributed by atoms with Crippen molar-refractivity contribution in [2.75, 3.05) is 38.7 Å². The molecule has 0 fully saturated rings. The van der Waals surface area contributed by atoms with Crippen LogP contribution >= 0.6 is 0 Å². The fourth-order valence-corrected chi connectivity index (χ4v) is 2.38. The molecule has 0 unspecified atom stereocenters. The number of anilines is 1. The highest BCUT2D eigenvalue weighted by molar-refractivity contribution is 6.08. The molecule has 1 aromatic carbocycles. The molecule has 0 saturated heterocycles. The van der Waals surface area contributed by atoms with E-state index in [1.807, 2.05) is 13.0 Å². The molecule has 7 heteroatoms. The lowest BCUT2D eigenvalue weighted by atomic mass is 10.2. The summed E-state index contributed by atoms with van der Waals surface area (Å²) >= 11 is 0. The summed E-state index contributed by atoms with van der Waals surface area (Å²) in [5.74, 6) is -0.420. The van der Waals surface area contributed by atoms with Crippen LogP contribution in [-0.4, -0.2) is 55.3 Å². The molecule has 1 aliphatic rings. The Morgan fingerprint density at radius 3 is 2.76 bits per heavy atom. The van der Waals surface area contributed by atoms with Gasteiger partial charge in [-0.25, -0.2) is 4.79 Å². The number of rotatable bonds is 8. The quantitative estimate of drug-likeness (QED) is 0.545. The number of carbonyl (C=O) groups excluding carboxylic acids is 2. The number of amides is 1. The topological polar surface area (TPSA) is 88.1 Å². The molecule has 0 saturated carbocycles. The second kappa shape index (κ2) is 8.34. The molecule has 2 rings (SSSR count). The van der Waals surface area contributed by atoms with Crippen LogP contribution in [0.5, 0.6) is 5.75 Å². The lowest BCUT2D eigenvalue weighted by Crippen LogP contribution is -2.31. The molecule has 0 atom stereocenters. The van der Waals surface area contributed by atoms with Crippen molar-refractivity contribution in [2.45, 2.75) is 6.92 Å². The predicted octanol–water partition coefficient (Wildman–Crippen LogP) is 1.31. The van der Waals surface area contributed by atoms with Crippen LogP contribution in [0.1, 0.15) is 6.92 Å². The molecule has 1 aliphatic heterocycles. The summed E-state index contributed by atoms with van der Waals surface area (Å²) in [5.41, 5.74) is 1.76. The van der Waals surface area contributed by atoms with Crippen LogP contribution in [0.15, 0.2) is 47.7 Å². The highest BCUT2D eigenvalue weighted by Crippen LogP contribution is 2.29. The Hall–Kier alpha value is -2.80. The fraction of sp³-hybridized carbons (Fsp3) is 0.333. The Kier molecular flexibility index (Phi) is 6.19. The maximum atomic E-state index is 12.5. The van der Waals surface area contributed by atoms with Crippen molar-refractivity contribution in [3.8, 4) is 5.75 Å². The van der Waals surface area contributed by atoms with Crippen LogP contribution in [0, 0.1) is 0 Å². The lowest BCUT2D eigenvalue weighted by Gasteiger charge is -2.16. The van der Waals surface area contributed by atoms with E-state index in [4.69, 9.17) is 14.6 Å². The molecule has 0 spiro atoms. The summed E-state index contributed by atoms with van der Waals surface area (Å²) in [7, 11) is 1.26. The standard InChI is InChI=1S/C18H22N2O5/c1-12(2)11-25-15-7-5-4-6-14(15)19-16-13(18(23)24-3)10-20(8-9-21)17(16)22/h4-7,19,21H,1,8-11H2,2-3H3. The number of methoxy groups -OCH3 is 1. The van der Waals surface area contributed by atoms with Gasteiger partial charge in [0.1, 0.15) is 18.1 Å². The van der Waals surface area contributed by atoms with E-state index < -0.39 is 5.97 Å². The van der Waals surface area contributed by atoms with Gasteiger partial charge in [0.25, 0.3) is 5.91 Å². The van der Waals surface area contributed by atoms with Gasteiger partial charge in [-0.3, -0.25) is 4.79 Å². The smallest absolute Gasteiger partial charge is 0.337 e. The zero-order chi connectivity index (χ0) is 18.4. The van der Waals surface area contributed by atoms with Gasteiger partial charge in [0.05, 0.1) is 31.5 Å². The number of hydrogen-bond donors (Lipinski definition) is 2. The van der Waals surface area contributed by atoms with Crippen molar-refractivity contribution in [3.05, 3.63) is 47.7 Å². The third-order valence-electron chi connectivity index (χ3n) is 3.57. The van der Waals surface area contributed by atoms with E-state index in [2.05, 4.69) is 11.9 Å². The van der Waals surface area contributed by atoms with E-state index in [9.17, 15) is 9.59 Å². The van der Waals surface area contributed by atoms with Gasteiger partial charge in [0.15, 0.2) is 0 Å². The largest absolute Gasteiger partial charge is 0.487 e. The van der Waals surface area contributed by atoms with Crippen molar-refractivity contribution in [1.29, 1.82) is 0 Å². The lowest BCUT2D eigenvalue weighted by molar-refractivity contribution is -0.136. The van der Waals surface area contributed by atoms with Crippen LogP contribution < -0.4 is 10.1 Å². The number of benzene rings is 1. The number of nitrogens with one attached hydrogen (secondary N) is 1.